The van der Waals surface area contributed by atoms with Crippen molar-refractivity contribution < 1.29 is 4.79 Å². The summed E-state index contributed by atoms with van der Waals surface area (Å²) in [5, 5.41) is 3.32. The van der Waals surface area contributed by atoms with Crippen molar-refractivity contribution in [3.8, 4) is 0 Å². The van der Waals surface area contributed by atoms with Crippen molar-refractivity contribution in [2.45, 2.75) is 19.4 Å². The predicted molar refractivity (Wildman–Crippen MR) is 57.0 cm³/mol. The Morgan fingerprint density at radius 1 is 1.69 bits per heavy atom. The fraction of sp³-hybridized carbons (Fsp3) is 0.889. The Balaban J connectivity index is 2.28. The summed E-state index contributed by atoms with van der Waals surface area (Å²) >= 11 is 1.73. The summed E-state index contributed by atoms with van der Waals surface area (Å²) in [5.74, 6) is 1.25. The quantitative estimate of drug-likeness (QED) is 0.726. The average Bonchev–Trinajstić information content (AvgIpc) is 2.14. The van der Waals surface area contributed by atoms with Crippen LogP contribution in [0.3, 0.4) is 0 Å². The first-order valence-corrected chi connectivity index (χ1v) is 6.13. The van der Waals surface area contributed by atoms with E-state index in [2.05, 4.69) is 12.2 Å². The van der Waals surface area contributed by atoms with Crippen molar-refractivity contribution in [3.05, 3.63) is 0 Å². The number of amides is 1. The minimum Gasteiger partial charge on any atom is -0.340 e. The van der Waals surface area contributed by atoms with Crippen LogP contribution < -0.4 is 5.32 Å². The summed E-state index contributed by atoms with van der Waals surface area (Å²) in [4.78, 5) is 13.6. The molecule has 1 amide bonds. The van der Waals surface area contributed by atoms with Crippen LogP contribution in [0.5, 0.6) is 0 Å². The number of piperazine rings is 1. The van der Waals surface area contributed by atoms with Gasteiger partial charge in [0.1, 0.15) is 0 Å². The molecule has 0 aromatic heterocycles. The Kier molecular flexibility index (Phi) is 4.59. The molecule has 4 heteroatoms. The number of hydrogen-bond acceptors (Lipinski definition) is 3. The van der Waals surface area contributed by atoms with E-state index >= 15 is 0 Å². The first-order chi connectivity index (χ1) is 6.24. The van der Waals surface area contributed by atoms with Crippen LogP contribution in [0.4, 0.5) is 0 Å². The van der Waals surface area contributed by atoms with Crippen molar-refractivity contribution >= 4 is 17.7 Å². The van der Waals surface area contributed by atoms with E-state index < -0.39 is 0 Å². The molecular formula is C9H18N2OS. The summed E-state index contributed by atoms with van der Waals surface area (Å²) in [6, 6.07) is 0.451. The number of carbonyl (C=O) groups excluding carboxylic acids is 1. The Morgan fingerprint density at radius 2 is 2.46 bits per heavy atom. The molecule has 1 atom stereocenters. The van der Waals surface area contributed by atoms with Crippen molar-refractivity contribution in [3.63, 3.8) is 0 Å². The van der Waals surface area contributed by atoms with Crippen molar-refractivity contribution in [2.75, 3.05) is 31.6 Å². The number of rotatable bonds is 3. The predicted octanol–water partition coefficient (Wildman–Crippen LogP) is 0.560. The molecule has 0 radical (unpaired) electrons. The lowest BCUT2D eigenvalue weighted by Crippen LogP contribution is -2.51. The molecule has 0 unspecified atom stereocenters. The number of thioether (sulfide) groups is 1. The smallest absolute Gasteiger partial charge is 0.223 e. The minimum absolute atomic E-state index is 0.308. The van der Waals surface area contributed by atoms with Crippen molar-refractivity contribution in [2.24, 2.45) is 0 Å². The van der Waals surface area contributed by atoms with Crippen LogP contribution in [0.1, 0.15) is 13.3 Å². The topological polar surface area (TPSA) is 32.3 Å². The SMILES string of the molecule is CSCCC(=O)N1CCN[C@@H](C)C1. The molecule has 0 bridgehead atoms. The van der Waals surface area contributed by atoms with Gasteiger partial charge in [-0.25, -0.2) is 0 Å². The number of hydrogen-bond donors (Lipinski definition) is 1. The molecule has 0 aromatic carbocycles. The van der Waals surface area contributed by atoms with Gasteiger partial charge in [0.25, 0.3) is 0 Å². The Hall–Kier alpha value is -0.220. The van der Waals surface area contributed by atoms with E-state index in [1.807, 2.05) is 11.2 Å². The van der Waals surface area contributed by atoms with Gasteiger partial charge in [0, 0.05) is 37.8 Å². The maximum absolute atomic E-state index is 11.6. The lowest BCUT2D eigenvalue weighted by molar-refractivity contribution is -0.131. The molecule has 13 heavy (non-hydrogen) atoms. The first kappa shape index (κ1) is 10.9. The Bertz CT molecular complexity index is 175. The lowest BCUT2D eigenvalue weighted by Gasteiger charge is -2.31. The number of carbonyl (C=O) groups is 1. The number of nitrogens with zero attached hydrogens (tertiary/aromatic N) is 1. The molecular weight excluding hydrogens is 184 g/mol. The van der Waals surface area contributed by atoms with E-state index in [0.717, 1.165) is 25.4 Å². The lowest BCUT2D eigenvalue weighted by atomic mass is 10.2. The molecule has 1 N–H and O–H groups in total. The van der Waals surface area contributed by atoms with Gasteiger partial charge in [0.05, 0.1) is 0 Å². The van der Waals surface area contributed by atoms with Gasteiger partial charge >= 0.3 is 0 Å². The maximum Gasteiger partial charge on any atom is 0.223 e. The summed E-state index contributed by atoms with van der Waals surface area (Å²) in [6.45, 7) is 4.80. The minimum atomic E-state index is 0.308. The third kappa shape index (κ3) is 3.56. The third-order valence-electron chi connectivity index (χ3n) is 2.24. The second-order valence-electron chi connectivity index (χ2n) is 3.44. The first-order valence-electron chi connectivity index (χ1n) is 4.74. The number of nitrogens with one attached hydrogen (secondary N) is 1. The molecule has 1 heterocycles. The molecule has 0 spiro atoms. The highest BCUT2D eigenvalue weighted by Crippen LogP contribution is 2.04. The van der Waals surface area contributed by atoms with E-state index in [-0.39, 0.29) is 0 Å². The molecule has 1 aliphatic heterocycles. The van der Waals surface area contributed by atoms with Crippen LogP contribution in [-0.4, -0.2) is 48.5 Å². The van der Waals surface area contributed by atoms with E-state index in [9.17, 15) is 4.79 Å². The molecule has 0 saturated carbocycles. The highest BCUT2D eigenvalue weighted by molar-refractivity contribution is 7.98. The highest BCUT2D eigenvalue weighted by atomic mass is 32.2. The Labute approximate surface area is 84.2 Å². The van der Waals surface area contributed by atoms with E-state index in [1.165, 1.54) is 0 Å². The van der Waals surface area contributed by atoms with E-state index in [1.54, 1.807) is 11.8 Å². The fourth-order valence-electron chi connectivity index (χ4n) is 1.51. The summed E-state index contributed by atoms with van der Waals surface area (Å²) in [6.07, 6.45) is 2.72. The molecule has 3 nitrogen and oxygen atoms in total. The Morgan fingerprint density at radius 3 is 3.08 bits per heavy atom. The maximum atomic E-state index is 11.6. The molecule has 0 aromatic rings. The van der Waals surface area contributed by atoms with Gasteiger partial charge in [0.15, 0.2) is 0 Å². The molecule has 0 aliphatic carbocycles. The monoisotopic (exact) mass is 202 g/mol. The van der Waals surface area contributed by atoms with Gasteiger partial charge in [-0.3, -0.25) is 4.79 Å². The van der Waals surface area contributed by atoms with Crippen molar-refractivity contribution in [1.82, 2.24) is 10.2 Å². The van der Waals surface area contributed by atoms with Crippen LogP contribution in [0.2, 0.25) is 0 Å². The summed E-state index contributed by atoms with van der Waals surface area (Å²) < 4.78 is 0. The average molecular weight is 202 g/mol. The molecule has 1 rings (SSSR count). The van der Waals surface area contributed by atoms with Gasteiger partial charge in [-0.15, -0.1) is 0 Å². The van der Waals surface area contributed by atoms with Gasteiger partial charge in [-0.2, -0.15) is 11.8 Å². The van der Waals surface area contributed by atoms with Gasteiger partial charge in [0.2, 0.25) is 5.91 Å². The molecule has 1 aliphatic rings. The molecule has 1 fully saturated rings. The largest absolute Gasteiger partial charge is 0.340 e. The second-order valence-corrected chi connectivity index (χ2v) is 4.42. The van der Waals surface area contributed by atoms with Gasteiger partial charge in [-0.05, 0) is 13.2 Å². The fourth-order valence-corrected chi connectivity index (χ4v) is 1.89. The second kappa shape index (κ2) is 5.50. The summed E-state index contributed by atoms with van der Waals surface area (Å²) in [5.41, 5.74) is 0. The zero-order chi connectivity index (χ0) is 9.68. The standard InChI is InChI=1S/C9H18N2OS/c1-8-7-11(5-4-10-8)9(12)3-6-13-2/h8,10H,3-7H2,1-2H3/t8-/m0/s1. The van der Waals surface area contributed by atoms with Crippen LogP contribution in [-0.2, 0) is 4.79 Å². The third-order valence-corrected chi connectivity index (χ3v) is 2.85. The summed E-state index contributed by atoms with van der Waals surface area (Å²) in [7, 11) is 0. The molecule has 1 saturated heterocycles. The van der Waals surface area contributed by atoms with Gasteiger partial charge in [-0.1, -0.05) is 0 Å². The molecule has 76 valence electrons. The zero-order valence-electron chi connectivity index (χ0n) is 8.38. The van der Waals surface area contributed by atoms with E-state index in [0.29, 0.717) is 18.4 Å². The van der Waals surface area contributed by atoms with Crippen LogP contribution in [0, 0.1) is 0 Å². The van der Waals surface area contributed by atoms with Crippen LogP contribution >= 0.6 is 11.8 Å². The van der Waals surface area contributed by atoms with Gasteiger partial charge < -0.3 is 10.2 Å². The highest BCUT2D eigenvalue weighted by Gasteiger charge is 2.19. The van der Waals surface area contributed by atoms with Crippen LogP contribution in [0.25, 0.3) is 0 Å². The van der Waals surface area contributed by atoms with Crippen molar-refractivity contribution in [1.29, 1.82) is 0 Å². The zero-order valence-corrected chi connectivity index (χ0v) is 9.19. The van der Waals surface area contributed by atoms with E-state index in [4.69, 9.17) is 0 Å². The van der Waals surface area contributed by atoms with Crippen LogP contribution in [0.15, 0.2) is 0 Å². The normalized spacial score (nSPS) is 23.2.